The molecule has 0 aromatic carbocycles. The first-order valence-corrected chi connectivity index (χ1v) is 12.2. The largest absolute Gasteiger partial charge is 0.481 e. The van der Waals surface area contributed by atoms with Crippen LogP contribution in [0, 0.1) is 46.3 Å². The first kappa shape index (κ1) is 22.9. The molecule has 4 fully saturated rings. The van der Waals surface area contributed by atoms with Crippen molar-refractivity contribution in [2.75, 3.05) is 0 Å². The molecule has 4 aliphatic carbocycles. The molecule has 0 radical (unpaired) electrons. The predicted octanol–water partition coefficient (Wildman–Crippen LogP) is 4.77. The summed E-state index contributed by atoms with van der Waals surface area (Å²) < 4.78 is 0. The zero-order chi connectivity index (χ0) is 22.6. The molecule has 6 unspecified atom stereocenters. The van der Waals surface area contributed by atoms with Gasteiger partial charge in [-0.2, -0.15) is 0 Å². The van der Waals surface area contributed by atoms with Gasteiger partial charge in [0.2, 0.25) is 0 Å². The first-order valence-electron chi connectivity index (χ1n) is 12.2. The summed E-state index contributed by atoms with van der Waals surface area (Å²) in [6, 6.07) is 0.0246. The smallest absolute Gasteiger partial charge is 0.303 e. The lowest BCUT2D eigenvalue weighted by Crippen LogP contribution is -2.62. The predicted molar refractivity (Wildman–Crippen MR) is 117 cm³/mol. The SMILES string of the molecule is C[C@H](CCC(=O)O)C1CCC2[C@@H]3C(CC(O)C21C)C1(C)CC[C@@H](N=[N+]=[N-])C[C@H]1C[C@@H]3O. The lowest BCUT2D eigenvalue weighted by atomic mass is 9.43. The fourth-order valence-corrected chi connectivity index (χ4v) is 8.86. The van der Waals surface area contributed by atoms with Gasteiger partial charge in [0.1, 0.15) is 0 Å². The third-order valence-corrected chi connectivity index (χ3v) is 10.5. The number of nitrogens with zero attached hydrogens (tertiary/aromatic N) is 3. The zero-order valence-electron chi connectivity index (χ0n) is 19.2. The van der Waals surface area contributed by atoms with Crippen LogP contribution in [-0.4, -0.2) is 39.5 Å². The maximum atomic E-state index is 11.5. The molecule has 0 spiro atoms. The number of hydrogen-bond donors (Lipinski definition) is 3. The quantitative estimate of drug-likeness (QED) is 0.328. The average molecular weight is 434 g/mol. The summed E-state index contributed by atoms with van der Waals surface area (Å²) in [7, 11) is 0. The standard InChI is InChI=1S/C24H39N3O4/c1-13(4-7-21(30)31)16-5-6-17-22-18(12-20(29)24(16,17)3)23(2)9-8-15(26-27-25)10-14(23)11-19(22)28/h13-20,22,28-29H,4-12H2,1-3H3,(H,30,31)/t13-,14+,15-,16?,17?,18?,19+,20?,22-,23?,24?/m1/s1. The molecule has 4 rings (SSSR count). The molecule has 174 valence electrons. The van der Waals surface area contributed by atoms with E-state index in [2.05, 4.69) is 30.8 Å². The molecule has 31 heavy (non-hydrogen) atoms. The number of carbonyl (C=O) groups is 1. The number of azide groups is 1. The Labute approximate surface area is 185 Å². The van der Waals surface area contributed by atoms with Crippen LogP contribution >= 0.6 is 0 Å². The van der Waals surface area contributed by atoms with Gasteiger partial charge in [0.15, 0.2) is 0 Å². The number of aliphatic hydroxyl groups is 2. The van der Waals surface area contributed by atoms with Crippen molar-refractivity contribution in [3.05, 3.63) is 10.4 Å². The minimum Gasteiger partial charge on any atom is -0.481 e. The Balaban J connectivity index is 1.59. The van der Waals surface area contributed by atoms with E-state index >= 15 is 0 Å². The van der Waals surface area contributed by atoms with Gasteiger partial charge in [-0.05, 0) is 103 Å². The number of carboxylic acids is 1. The van der Waals surface area contributed by atoms with Crippen LogP contribution in [0.1, 0.15) is 78.6 Å². The number of aliphatic carboxylic acids is 1. The van der Waals surface area contributed by atoms with Gasteiger partial charge in [0, 0.05) is 17.4 Å². The first-order chi connectivity index (χ1) is 14.6. The van der Waals surface area contributed by atoms with Gasteiger partial charge in [-0.3, -0.25) is 4.79 Å². The van der Waals surface area contributed by atoms with Crippen LogP contribution in [0.5, 0.6) is 0 Å². The summed E-state index contributed by atoms with van der Waals surface area (Å²) in [5.41, 5.74) is 8.68. The van der Waals surface area contributed by atoms with E-state index in [9.17, 15) is 15.0 Å². The van der Waals surface area contributed by atoms with Gasteiger partial charge in [-0.15, -0.1) is 0 Å². The molecule has 0 aromatic rings. The molecule has 4 aliphatic rings. The van der Waals surface area contributed by atoms with Gasteiger partial charge in [0.05, 0.1) is 12.2 Å². The highest BCUT2D eigenvalue weighted by Crippen LogP contribution is 2.68. The molecule has 7 heteroatoms. The Kier molecular flexibility index (Phi) is 6.08. The summed E-state index contributed by atoms with van der Waals surface area (Å²) in [5, 5.41) is 36.0. The van der Waals surface area contributed by atoms with E-state index in [1.165, 1.54) is 0 Å². The van der Waals surface area contributed by atoms with Gasteiger partial charge in [0.25, 0.3) is 0 Å². The molecular weight excluding hydrogens is 394 g/mol. The van der Waals surface area contributed by atoms with Crippen LogP contribution in [0.15, 0.2) is 5.11 Å². The molecule has 11 atom stereocenters. The van der Waals surface area contributed by atoms with E-state index in [1.807, 2.05) is 0 Å². The molecular formula is C24H39N3O4. The fourth-order valence-electron chi connectivity index (χ4n) is 8.86. The molecule has 0 amide bonds. The Bertz CT molecular complexity index is 755. The fraction of sp³-hybridized carbons (Fsp3) is 0.958. The van der Waals surface area contributed by atoms with Crippen LogP contribution in [0.25, 0.3) is 10.4 Å². The van der Waals surface area contributed by atoms with Gasteiger partial charge < -0.3 is 15.3 Å². The Morgan fingerprint density at radius 1 is 1.16 bits per heavy atom. The molecule has 4 saturated carbocycles. The Hall–Kier alpha value is -1.30. The summed E-state index contributed by atoms with van der Waals surface area (Å²) in [6.45, 7) is 6.71. The van der Waals surface area contributed by atoms with Crippen LogP contribution < -0.4 is 0 Å². The Morgan fingerprint density at radius 2 is 1.90 bits per heavy atom. The number of hydrogen-bond acceptors (Lipinski definition) is 4. The number of carboxylic acid groups (broad SMARTS) is 1. The molecule has 0 aromatic heterocycles. The minimum atomic E-state index is -0.756. The van der Waals surface area contributed by atoms with Crippen molar-refractivity contribution in [3.63, 3.8) is 0 Å². The van der Waals surface area contributed by atoms with Crippen LogP contribution in [0.3, 0.4) is 0 Å². The molecule has 0 saturated heterocycles. The topological polar surface area (TPSA) is 127 Å². The van der Waals surface area contributed by atoms with Crippen molar-refractivity contribution in [1.82, 2.24) is 0 Å². The summed E-state index contributed by atoms with van der Waals surface area (Å²) in [5.74, 6) is 0.884. The minimum absolute atomic E-state index is 0.0246. The number of rotatable bonds is 5. The lowest BCUT2D eigenvalue weighted by Gasteiger charge is -2.63. The molecule has 0 heterocycles. The van der Waals surface area contributed by atoms with Crippen LogP contribution in [0.4, 0.5) is 0 Å². The number of fused-ring (bicyclic) bond motifs is 5. The summed E-state index contributed by atoms with van der Waals surface area (Å²) >= 11 is 0. The third kappa shape index (κ3) is 3.57. The van der Waals surface area contributed by atoms with Crippen molar-refractivity contribution in [1.29, 1.82) is 0 Å². The Morgan fingerprint density at radius 3 is 2.58 bits per heavy atom. The normalized spacial score (nSPS) is 49.8. The van der Waals surface area contributed by atoms with E-state index in [0.29, 0.717) is 18.3 Å². The van der Waals surface area contributed by atoms with Crippen molar-refractivity contribution in [2.24, 2.45) is 51.5 Å². The highest BCUT2D eigenvalue weighted by atomic mass is 16.4. The van der Waals surface area contributed by atoms with Crippen LogP contribution in [-0.2, 0) is 4.79 Å². The highest BCUT2D eigenvalue weighted by molar-refractivity contribution is 5.66. The van der Waals surface area contributed by atoms with Crippen molar-refractivity contribution < 1.29 is 20.1 Å². The third-order valence-electron chi connectivity index (χ3n) is 10.5. The second-order valence-corrected chi connectivity index (χ2v) is 11.6. The highest BCUT2D eigenvalue weighted by Gasteiger charge is 2.65. The lowest BCUT2D eigenvalue weighted by molar-refractivity contribution is -0.202. The van der Waals surface area contributed by atoms with Gasteiger partial charge >= 0.3 is 5.97 Å². The molecule has 3 N–H and O–H groups in total. The average Bonchev–Trinajstić information content (AvgIpc) is 3.07. The van der Waals surface area contributed by atoms with Crippen molar-refractivity contribution in [2.45, 2.75) is 96.8 Å². The van der Waals surface area contributed by atoms with E-state index in [4.69, 9.17) is 10.6 Å². The second kappa shape index (κ2) is 8.24. The maximum Gasteiger partial charge on any atom is 0.303 e. The van der Waals surface area contributed by atoms with E-state index in [0.717, 1.165) is 44.9 Å². The molecule has 0 bridgehead atoms. The molecule has 7 nitrogen and oxygen atoms in total. The number of aliphatic hydroxyl groups excluding tert-OH is 2. The monoisotopic (exact) mass is 433 g/mol. The van der Waals surface area contributed by atoms with E-state index < -0.39 is 12.1 Å². The summed E-state index contributed by atoms with van der Waals surface area (Å²) in [6.07, 6.45) is 6.24. The molecule has 0 aliphatic heterocycles. The van der Waals surface area contributed by atoms with Crippen LogP contribution in [0.2, 0.25) is 0 Å². The van der Waals surface area contributed by atoms with Crippen molar-refractivity contribution >= 4 is 5.97 Å². The van der Waals surface area contributed by atoms with Gasteiger partial charge in [-0.25, -0.2) is 0 Å². The van der Waals surface area contributed by atoms with E-state index in [1.54, 1.807) is 0 Å². The second-order valence-electron chi connectivity index (χ2n) is 11.6. The van der Waals surface area contributed by atoms with Crippen molar-refractivity contribution in [3.8, 4) is 0 Å². The van der Waals surface area contributed by atoms with Gasteiger partial charge in [-0.1, -0.05) is 25.9 Å². The van der Waals surface area contributed by atoms with E-state index in [-0.39, 0.29) is 53.1 Å². The summed E-state index contributed by atoms with van der Waals surface area (Å²) in [4.78, 5) is 14.1. The zero-order valence-corrected chi connectivity index (χ0v) is 19.2. The maximum absolute atomic E-state index is 11.5.